The summed E-state index contributed by atoms with van der Waals surface area (Å²) in [4.78, 5) is 18.6. The highest BCUT2D eigenvalue weighted by Crippen LogP contribution is 2.50. The highest BCUT2D eigenvalue weighted by Gasteiger charge is 2.48. The van der Waals surface area contributed by atoms with Crippen molar-refractivity contribution in [3.05, 3.63) is 76.7 Å². The summed E-state index contributed by atoms with van der Waals surface area (Å²) in [6.07, 6.45) is 6.49. The number of likely N-dealkylation sites (tertiary alicyclic amines) is 1. The number of ether oxygens (including phenoxy) is 1. The molecule has 1 atom stereocenters. The fourth-order valence-electron chi connectivity index (χ4n) is 4.49. The fraction of sp³-hybridized carbons (Fsp3) is 0.318. The van der Waals surface area contributed by atoms with Crippen molar-refractivity contribution >= 4 is 17.5 Å². The number of nitrogens with zero attached hydrogens (tertiary/aromatic N) is 4. The molecule has 1 amide bonds. The number of carbonyl (C=O) groups excluding carboxylic acids is 1. The molecule has 1 spiro atoms. The van der Waals surface area contributed by atoms with Crippen LogP contribution < -0.4 is 5.73 Å². The Morgan fingerprint density at radius 3 is 2.83 bits per heavy atom. The second-order valence-corrected chi connectivity index (χ2v) is 8.32. The van der Waals surface area contributed by atoms with E-state index in [2.05, 4.69) is 15.0 Å². The number of benzene rings is 1. The number of fused-ring (bicyclic) bond motifs is 2. The molecule has 2 aliphatic rings. The van der Waals surface area contributed by atoms with Crippen molar-refractivity contribution in [3.8, 4) is 5.82 Å². The number of aromatic nitrogens is 3. The average molecular weight is 424 g/mol. The van der Waals surface area contributed by atoms with E-state index in [9.17, 15) is 4.79 Å². The van der Waals surface area contributed by atoms with Crippen molar-refractivity contribution in [1.29, 1.82) is 0 Å². The van der Waals surface area contributed by atoms with Gasteiger partial charge < -0.3 is 10.5 Å². The van der Waals surface area contributed by atoms with Gasteiger partial charge >= 0.3 is 0 Å². The molecule has 154 valence electrons. The molecule has 0 radical (unpaired) electrons. The summed E-state index contributed by atoms with van der Waals surface area (Å²) in [7, 11) is 0. The van der Waals surface area contributed by atoms with E-state index < -0.39 is 17.6 Å². The third-order valence-electron chi connectivity index (χ3n) is 5.98. The topological polar surface area (TPSA) is 86.3 Å². The molecule has 8 heteroatoms. The Labute approximate surface area is 179 Å². The molecule has 2 aromatic heterocycles. The van der Waals surface area contributed by atoms with Gasteiger partial charge in [-0.2, -0.15) is 5.10 Å². The minimum atomic E-state index is -0.708. The summed E-state index contributed by atoms with van der Waals surface area (Å²) in [6.45, 7) is 2.48. The molecule has 0 bridgehead atoms. The zero-order valence-electron chi connectivity index (χ0n) is 16.4. The first-order valence-electron chi connectivity index (χ1n) is 9.98. The number of nitrogens with two attached hydrogens (primary N) is 1. The van der Waals surface area contributed by atoms with E-state index in [1.165, 1.54) is 0 Å². The van der Waals surface area contributed by atoms with Gasteiger partial charge in [-0.25, -0.2) is 9.67 Å². The quantitative estimate of drug-likeness (QED) is 0.697. The van der Waals surface area contributed by atoms with Crippen LogP contribution in [-0.4, -0.2) is 38.7 Å². The van der Waals surface area contributed by atoms with Gasteiger partial charge in [0, 0.05) is 42.6 Å². The third-order valence-corrected chi connectivity index (χ3v) is 6.22. The van der Waals surface area contributed by atoms with Gasteiger partial charge in [0.05, 0.1) is 11.8 Å². The van der Waals surface area contributed by atoms with E-state index in [-0.39, 0.29) is 0 Å². The lowest BCUT2D eigenvalue weighted by Crippen LogP contribution is -2.42. The highest BCUT2D eigenvalue weighted by atomic mass is 35.5. The van der Waals surface area contributed by atoms with Crippen molar-refractivity contribution in [2.45, 2.75) is 31.1 Å². The lowest BCUT2D eigenvalue weighted by atomic mass is 9.83. The van der Waals surface area contributed by atoms with E-state index in [1.54, 1.807) is 16.9 Å². The molecule has 3 aromatic rings. The van der Waals surface area contributed by atoms with Gasteiger partial charge in [-0.1, -0.05) is 23.7 Å². The Kier molecular flexibility index (Phi) is 4.81. The Bertz CT molecular complexity index is 1080. The fourth-order valence-corrected chi connectivity index (χ4v) is 4.66. The summed E-state index contributed by atoms with van der Waals surface area (Å²) in [5.74, 6) is 0.339. The lowest BCUT2D eigenvalue weighted by Gasteiger charge is -2.39. The van der Waals surface area contributed by atoms with Crippen LogP contribution in [0.3, 0.4) is 0 Å². The first-order chi connectivity index (χ1) is 14.5. The number of halogens is 1. The monoisotopic (exact) mass is 423 g/mol. The molecule has 5 rings (SSSR count). The van der Waals surface area contributed by atoms with Gasteiger partial charge in [-0.3, -0.25) is 9.69 Å². The molecule has 0 aliphatic carbocycles. The van der Waals surface area contributed by atoms with Crippen LogP contribution in [0, 0.1) is 0 Å². The van der Waals surface area contributed by atoms with E-state index in [4.69, 9.17) is 22.1 Å². The van der Waals surface area contributed by atoms with E-state index in [0.717, 1.165) is 55.0 Å². The van der Waals surface area contributed by atoms with Crippen molar-refractivity contribution in [2.75, 3.05) is 13.1 Å². The van der Waals surface area contributed by atoms with Gasteiger partial charge in [0.2, 0.25) is 0 Å². The normalized spacial score (nSPS) is 20.4. The van der Waals surface area contributed by atoms with Gasteiger partial charge in [0.15, 0.2) is 11.9 Å². The zero-order valence-corrected chi connectivity index (χ0v) is 17.1. The third kappa shape index (κ3) is 3.39. The molecule has 1 fully saturated rings. The van der Waals surface area contributed by atoms with Crippen molar-refractivity contribution in [1.82, 2.24) is 19.7 Å². The predicted octanol–water partition coefficient (Wildman–Crippen LogP) is 2.97. The smallest absolute Gasteiger partial charge is 0.251 e. The number of primary amides is 1. The first kappa shape index (κ1) is 19.2. The van der Waals surface area contributed by atoms with E-state index >= 15 is 0 Å². The van der Waals surface area contributed by atoms with Crippen LogP contribution in [-0.2, 0) is 21.7 Å². The van der Waals surface area contributed by atoms with Crippen molar-refractivity contribution in [2.24, 2.45) is 5.73 Å². The van der Waals surface area contributed by atoms with Gasteiger partial charge in [-0.05, 0) is 48.2 Å². The number of carbonyl (C=O) groups is 1. The van der Waals surface area contributed by atoms with Crippen LogP contribution in [0.1, 0.15) is 35.6 Å². The SMILES string of the molecule is NC(=O)C1OC2(CCN(Cc3cnn(-c4ccccn4)c3)CC2)c2cc(Cl)ccc21. The summed E-state index contributed by atoms with van der Waals surface area (Å²) < 4.78 is 8.04. The van der Waals surface area contributed by atoms with E-state index in [1.807, 2.05) is 42.7 Å². The maximum atomic E-state index is 11.9. The molecule has 30 heavy (non-hydrogen) atoms. The number of hydrogen-bond acceptors (Lipinski definition) is 5. The number of hydrogen-bond donors (Lipinski definition) is 1. The highest BCUT2D eigenvalue weighted by molar-refractivity contribution is 6.30. The van der Waals surface area contributed by atoms with Crippen molar-refractivity contribution in [3.63, 3.8) is 0 Å². The Morgan fingerprint density at radius 1 is 1.27 bits per heavy atom. The van der Waals surface area contributed by atoms with Gasteiger partial charge in [-0.15, -0.1) is 0 Å². The van der Waals surface area contributed by atoms with Gasteiger partial charge in [0.1, 0.15) is 0 Å². The maximum absolute atomic E-state index is 11.9. The molecule has 7 nitrogen and oxygen atoms in total. The standard InChI is InChI=1S/C22H22ClN5O2/c23-16-4-5-17-18(11-16)22(30-20(17)21(24)29)6-9-27(10-7-22)13-15-12-26-28(14-15)19-3-1-2-8-25-19/h1-5,8,11-12,14,20H,6-7,9-10,13H2,(H2,24,29). The number of amides is 1. The van der Waals surface area contributed by atoms with E-state index in [0.29, 0.717) is 5.02 Å². The molecular formula is C22H22ClN5O2. The lowest BCUT2D eigenvalue weighted by molar-refractivity contribution is -0.148. The largest absolute Gasteiger partial charge is 0.367 e. The molecule has 1 saturated heterocycles. The Balaban J connectivity index is 1.30. The van der Waals surface area contributed by atoms with Crippen LogP contribution >= 0.6 is 11.6 Å². The van der Waals surface area contributed by atoms with Crippen LogP contribution in [0.15, 0.2) is 55.0 Å². The number of rotatable bonds is 4. The molecule has 4 heterocycles. The molecule has 2 N–H and O–H groups in total. The average Bonchev–Trinajstić information content (AvgIpc) is 3.34. The second-order valence-electron chi connectivity index (χ2n) is 7.88. The molecular weight excluding hydrogens is 402 g/mol. The summed E-state index contributed by atoms with van der Waals surface area (Å²) in [6, 6.07) is 11.3. The number of piperidine rings is 1. The van der Waals surface area contributed by atoms with Crippen molar-refractivity contribution < 1.29 is 9.53 Å². The number of pyridine rings is 1. The molecule has 2 aliphatic heterocycles. The minimum Gasteiger partial charge on any atom is -0.367 e. The summed E-state index contributed by atoms with van der Waals surface area (Å²) in [5, 5.41) is 5.07. The predicted molar refractivity (Wildman–Crippen MR) is 112 cm³/mol. The van der Waals surface area contributed by atoms with Gasteiger partial charge in [0.25, 0.3) is 5.91 Å². The Hall–Kier alpha value is -2.74. The summed E-state index contributed by atoms with van der Waals surface area (Å²) in [5.41, 5.74) is 8.07. The van der Waals surface area contributed by atoms with Crippen LogP contribution in [0.2, 0.25) is 5.02 Å². The molecule has 1 aromatic carbocycles. The first-order valence-corrected chi connectivity index (χ1v) is 10.4. The molecule has 0 saturated carbocycles. The second kappa shape index (κ2) is 7.50. The van der Waals surface area contributed by atoms with Crippen LogP contribution in [0.25, 0.3) is 5.82 Å². The summed E-state index contributed by atoms with van der Waals surface area (Å²) >= 11 is 6.25. The minimum absolute atomic E-state index is 0.459. The van der Waals surface area contributed by atoms with Crippen LogP contribution in [0.5, 0.6) is 0 Å². The zero-order chi connectivity index (χ0) is 20.7. The Morgan fingerprint density at radius 2 is 2.10 bits per heavy atom. The van der Waals surface area contributed by atoms with Crippen LogP contribution in [0.4, 0.5) is 0 Å². The maximum Gasteiger partial charge on any atom is 0.251 e. The molecule has 1 unspecified atom stereocenters.